The second-order valence-corrected chi connectivity index (χ2v) is 7.21. The number of aromatic nitrogens is 3. The molecule has 162 valence electrons. The van der Waals surface area contributed by atoms with Crippen molar-refractivity contribution in [3.63, 3.8) is 0 Å². The normalized spacial score (nSPS) is 12.2. The van der Waals surface area contributed by atoms with Gasteiger partial charge in [0, 0.05) is 36.6 Å². The van der Waals surface area contributed by atoms with Crippen LogP contribution in [0.1, 0.15) is 10.4 Å². The molecule has 0 bridgehead atoms. The molecule has 0 saturated heterocycles. The fourth-order valence-corrected chi connectivity index (χ4v) is 3.56. The monoisotopic (exact) mass is 432 g/mol. The summed E-state index contributed by atoms with van der Waals surface area (Å²) in [5.74, 6) is 1.64. The lowest BCUT2D eigenvalue weighted by Gasteiger charge is -2.08. The standard InChI is InChI=1S/C23H20N4O5/c1-30-17-4-2-3-15(11-17)18-13-19-23(29)26(9-10-27(19)25-18)8-7-24-22(28)16-5-6-20-21(12-16)32-14-31-20/h2-6,9-13H,7-8,14H2,1H3,(H,24,28). The first-order valence-electron chi connectivity index (χ1n) is 10.0. The van der Waals surface area contributed by atoms with Crippen molar-refractivity contribution < 1.29 is 19.0 Å². The molecule has 0 aliphatic carbocycles. The molecule has 0 fully saturated rings. The van der Waals surface area contributed by atoms with Gasteiger partial charge in [-0.15, -0.1) is 0 Å². The predicted molar refractivity (Wildman–Crippen MR) is 116 cm³/mol. The van der Waals surface area contributed by atoms with Crippen molar-refractivity contribution >= 4 is 11.4 Å². The van der Waals surface area contributed by atoms with E-state index in [2.05, 4.69) is 10.4 Å². The van der Waals surface area contributed by atoms with Crippen LogP contribution in [0.25, 0.3) is 16.8 Å². The van der Waals surface area contributed by atoms with Crippen LogP contribution >= 0.6 is 0 Å². The highest BCUT2D eigenvalue weighted by Crippen LogP contribution is 2.32. The molecule has 2 aromatic carbocycles. The number of fused-ring (bicyclic) bond motifs is 2. The maximum Gasteiger partial charge on any atom is 0.276 e. The van der Waals surface area contributed by atoms with Crippen LogP contribution in [0.15, 0.2) is 65.7 Å². The lowest BCUT2D eigenvalue weighted by atomic mass is 10.1. The predicted octanol–water partition coefficient (Wildman–Crippen LogP) is 2.33. The Balaban J connectivity index is 1.30. The topological polar surface area (TPSA) is 96.1 Å². The third-order valence-electron chi connectivity index (χ3n) is 5.24. The second-order valence-electron chi connectivity index (χ2n) is 7.21. The van der Waals surface area contributed by atoms with Crippen molar-refractivity contribution in [2.24, 2.45) is 0 Å². The molecule has 0 spiro atoms. The SMILES string of the molecule is COc1cccc(-c2cc3c(=O)n(CCNC(=O)c4ccc5c(c4)OCO5)ccn3n2)c1. The third-order valence-corrected chi connectivity index (χ3v) is 5.24. The van der Waals surface area contributed by atoms with Crippen LogP contribution in [-0.4, -0.2) is 40.5 Å². The van der Waals surface area contributed by atoms with Gasteiger partial charge in [0.05, 0.1) is 12.8 Å². The third kappa shape index (κ3) is 3.64. The van der Waals surface area contributed by atoms with Crippen molar-refractivity contribution in [3.05, 3.63) is 76.8 Å². The first kappa shape index (κ1) is 19.7. The van der Waals surface area contributed by atoms with E-state index in [-0.39, 0.29) is 18.3 Å². The Morgan fingerprint density at radius 2 is 2.00 bits per heavy atom. The molecule has 0 radical (unpaired) electrons. The summed E-state index contributed by atoms with van der Waals surface area (Å²) < 4.78 is 18.9. The zero-order chi connectivity index (χ0) is 22.1. The number of carbonyl (C=O) groups is 1. The van der Waals surface area contributed by atoms with E-state index in [1.807, 2.05) is 24.3 Å². The average molecular weight is 432 g/mol. The largest absolute Gasteiger partial charge is 0.497 e. The Kier molecular flexibility index (Phi) is 4.98. The van der Waals surface area contributed by atoms with Gasteiger partial charge in [0.2, 0.25) is 6.79 Å². The minimum absolute atomic E-state index is 0.153. The quantitative estimate of drug-likeness (QED) is 0.502. The number of rotatable bonds is 6. The molecule has 9 nitrogen and oxygen atoms in total. The zero-order valence-electron chi connectivity index (χ0n) is 17.3. The zero-order valence-corrected chi connectivity index (χ0v) is 17.3. The molecule has 1 amide bonds. The van der Waals surface area contributed by atoms with Gasteiger partial charge in [-0.25, -0.2) is 4.52 Å². The van der Waals surface area contributed by atoms with Crippen LogP contribution in [0.5, 0.6) is 17.2 Å². The number of hydrogen-bond acceptors (Lipinski definition) is 6. The highest BCUT2D eigenvalue weighted by atomic mass is 16.7. The molecule has 1 aliphatic rings. The van der Waals surface area contributed by atoms with Crippen LogP contribution < -0.4 is 25.1 Å². The highest BCUT2D eigenvalue weighted by Gasteiger charge is 2.16. The fraction of sp³-hybridized carbons (Fsp3) is 0.174. The Morgan fingerprint density at radius 3 is 2.88 bits per heavy atom. The van der Waals surface area contributed by atoms with E-state index < -0.39 is 0 Å². The van der Waals surface area contributed by atoms with Crippen molar-refractivity contribution in [1.29, 1.82) is 0 Å². The summed E-state index contributed by atoms with van der Waals surface area (Å²) in [5.41, 5.74) is 2.26. The summed E-state index contributed by atoms with van der Waals surface area (Å²) in [6.07, 6.45) is 3.38. The number of nitrogens with zero attached hydrogens (tertiary/aromatic N) is 3. The molecular weight excluding hydrogens is 412 g/mol. The van der Waals surface area contributed by atoms with Gasteiger partial charge < -0.3 is 24.1 Å². The van der Waals surface area contributed by atoms with Gasteiger partial charge >= 0.3 is 0 Å². The molecule has 3 heterocycles. The van der Waals surface area contributed by atoms with Gasteiger partial charge in [0.1, 0.15) is 11.3 Å². The number of ether oxygens (including phenoxy) is 3. The van der Waals surface area contributed by atoms with Gasteiger partial charge in [0.25, 0.3) is 11.5 Å². The number of hydrogen-bond donors (Lipinski definition) is 1. The van der Waals surface area contributed by atoms with Crippen LogP contribution in [-0.2, 0) is 6.54 Å². The molecule has 0 atom stereocenters. The van der Waals surface area contributed by atoms with Gasteiger partial charge in [-0.3, -0.25) is 9.59 Å². The molecule has 2 aromatic heterocycles. The summed E-state index contributed by atoms with van der Waals surface area (Å²) in [6.45, 7) is 0.769. The van der Waals surface area contributed by atoms with Gasteiger partial charge in [0.15, 0.2) is 11.5 Å². The van der Waals surface area contributed by atoms with Crippen LogP contribution in [0.2, 0.25) is 0 Å². The lowest BCUT2D eigenvalue weighted by Crippen LogP contribution is -2.31. The Hall–Kier alpha value is -4.27. The minimum atomic E-state index is -0.248. The lowest BCUT2D eigenvalue weighted by molar-refractivity contribution is 0.0951. The van der Waals surface area contributed by atoms with Crippen molar-refractivity contribution in [1.82, 2.24) is 19.5 Å². The molecule has 5 rings (SSSR count). The van der Waals surface area contributed by atoms with Crippen molar-refractivity contribution in [3.8, 4) is 28.5 Å². The number of benzene rings is 2. The Bertz CT molecular complexity index is 1370. The molecule has 0 unspecified atom stereocenters. The van der Waals surface area contributed by atoms with Gasteiger partial charge in [-0.1, -0.05) is 12.1 Å². The van der Waals surface area contributed by atoms with E-state index in [9.17, 15) is 9.59 Å². The smallest absolute Gasteiger partial charge is 0.276 e. The second kappa shape index (κ2) is 8.10. The fourth-order valence-electron chi connectivity index (χ4n) is 3.56. The van der Waals surface area contributed by atoms with Crippen LogP contribution in [0.3, 0.4) is 0 Å². The first-order chi connectivity index (χ1) is 15.6. The molecule has 1 aliphatic heterocycles. The molecule has 9 heteroatoms. The van der Waals surface area contributed by atoms with Crippen LogP contribution in [0.4, 0.5) is 0 Å². The molecular formula is C23H20N4O5. The average Bonchev–Trinajstić information content (AvgIpc) is 3.47. The van der Waals surface area contributed by atoms with E-state index in [0.717, 1.165) is 11.3 Å². The summed E-state index contributed by atoms with van der Waals surface area (Å²) in [7, 11) is 1.60. The van der Waals surface area contributed by atoms with Crippen molar-refractivity contribution in [2.75, 3.05) is 20.4 Å². The summed E-state index contributed by atoms with van der Waals surface area (Å²) >= 11 is 0. The number of methoxy groups -OCH3 is 1. The van der Waals surface area contributed by atoms with Crippen LogP contribution in [0, 0.1) is 0 Å². The molecule has 0 saturated carbocycles. The summed E-state index contributed by atoms with van der Waals surface area (Å²) in [5, 5.41) is 7.32. The number of nitrogens with one attached hydrogen (secondary N) is 1. The first-order valence-corrected chi connectivity index (χ1v) is 10.0. The van der Waals surface area contributed by atoms with E-state index in [1.165, 1.54) is 0 Å². The van der Waals surface area contributed by atoms with E-state index in [4.69, 9.17) is 14.2 Å². The van der Waals surface area contributed by atoms with E-state index in [0.29, 0.717) is 41.4 Å². The minimum Gasteiger partial charge on any atom is -0.497 e. The Labute approximate surface area is 182 Å². The number of amides is 1. The molecule has 32 heavy (non-hydrogen) atoms. The highest BCUT2D eigenvalue weighted by molar-refractivity contribution is 5.94. The summed E-state index contributed by atoms with van der Waals surface area (Å²) in [4.78, 5) is 25.3. The molecule has 4 aromatic rings. The summed E-state index contributed by atoms with van der Waals surface area (Å²) in [6, 6.07) is 14.3. The Morgan fingerprint density at radius 1 is 1.12 bits per heavy atom. The maximum atomic E-state index is 12.9. The molecule has 1 N–H and O–H groups in total. The maximum absolute atomic E-state index is 12.9. The van der Waals surface area contributed by atoms with Gasteiger partial charge in [-0.2, -0.15) is 5.10 Å². The van der Waals surface area contributed by atoms with E-state index >= 15 is 0 Å². The van der Waals surface area contributed by atoms with Gasteiger partial charge in [-0.05, 0) is 36.4 Å². The number of carbonyl (C=O) groups excluding carboxylic acids is 1. The van der Waals surface area contributed by atoms with E-state index in [1.54, 1.807) is 52.9 Å². The van der Waals surface area contributed by atoms with Crippen molar-refractivity contribution in [2.45, 2.75) is 6.54 Å².